The van der Waals surface area contributed by atoms with Gasteiger partial charge in [-0.05, 0) is 32.3 Å². The van der Waals surface area contributed by atoms with Crippen molar-refractivity contribution in [3.63, 3.8) is 0 Å². The smallest absolute Gasteiger partial charge is 0.257 e. The van der Waals surface area contributed by atoms with Crippen LogP contribution in [0.25, 0.3) is 0 Å². The first-order chi connectivity index (χ1) is 12.1. The van der Waals surface area contributed by atoms with Crippen molar-refractivity contribution in [1.29, 1.82) is 0 Å². The molecule has 25 heavy (non-hydrogen) atoms. The number of hydrogen-bond acceptors (Lipinski definition) is 3. The van der Waals surface area contributed by atoms with Gasteiger partial charge in [-0.25, -0.2) is 4.39 Å². The number of aromatic nitrogens is 1. The average molecular weight is 344 g/mol. The van der Waals surface area contributed by atoms with Gasteiger partial charge < -0.3 is 14.6 Å². The number of carbonyl (C=O) groups is 1. The van der Waals surface area contributed by atoms with Crippen LogP contribution in [0.15, 0.2) is 35.1 Å². The summed E-state index contributed by atoms with van der Waals surface area (Å²) in [5.74, 6) is -0.414. The van der Waals surface area contributed by atoms with Crippen LogP contribution in [0.4, 0.5) is 4.39 Å². The van der Waals surface area contributed by atoms with Gasteiger partial charge in [-0.2, -0.15) is 0 Å². The van der Waals surface area contributed by atoms with E-state index in [4.69, 9.17) is 4.74 Å². The van der Waals surface area contributed by atoms with Crippen molar-refractivity contribution in [2.45, 2.75) is 39.3 Å². The van der Waals surface area contributed by atoms with E-state index in [1.165, 1.54) is 12.1 Å². The minimum atomic E-state index is -0.362. The number of pyridine rings is 1. The minimum absolute atomic E-state index is 0.0790. The monoisotopic (exact) mass is 344 g/mol. The first-order valence-corrected chi connectivity index (χ1v) is 8.53. The van der Waals surface area contributed by atoms with Crippen LogP contribution in [0.5, 0.6) is 5.75 Å². The summed E-state index contributed by atoms with van der Waals surface area (Å²) in [6, 6.07) is 7.69. The molecule has 1 N–H and O–H groups in total. The van der Waals surface area contributed by atoms with Gasteiger partial charge in [0.05, 0.1) is 6.61 Å². The lowest BCUT2D eigenvalue weighted by Gasteiger charge is -2.23. The zero-order valence-corrected chi connectivity index (χ0v) is 14.2. The molecule has 0 aliphatic carbocycles. The van der Waals surface area contributed by atoms with Gasteiger partial charge in [-0.3, -0.25) is 9.59 Å². The summed E-state index contributed by atoms with van der Waals surface area (Å²) in [5.41, 5.74) is 1.35. The van der Waals surface area contributed by atoms with E-state index < -0.39 is 0 Å². The van der Waals surface area contributed by atoms with Crippen LogP contribution in [-0.4, -0.2) is 17.1 Å². The summed E-state index contributed by atoms with van der Waals surface area (Å²) >= 11 is 0. The van der Waals surface area contributed by atoms with Crippen molar-refractivity contribution in [3.8, 4) is 5.75 Å². The van der Waals surface area contributed by atoms with Crippen LogP contribution in [0.1, 0.15) is 41.4 Å². The molecule has 3 rings (SSSR count). The van der Waals surface area contributed by atoms with E-state index in [-0.39, 0.29) is 23.8 Å². The molecule has 132 valence electrons. The number of ether oxygens (including phenoxy) is 1. The summed E-state index contributed by atoms with van der Waals surface area (Å²) in [4.78, 5) is 25.0. The summed E-state index contributed by atoms with van der Waals surface area (Å²) in [6.45, 7) is 2.85. The number of nitrogens with one attached hydrogen (secondary N) is 1. The van der Waals surface area contributed by atoms with Gasteiger partial charge in [0.15, 0.2) is 0 Å². The Morgan fingerprint density at radius 1 is 1.32 bits per heavy atom. The Bertz CT molecular complexity index is 845. The van der Waals surface area contributed by atoms with Crippen LogP contribution in [0.3, 0.4) is 0 Å². The molecule has 5 nitrogen and oxygen atoms in total. The SMILES string of the molecule is CCOc1cc(=O)n2c(c1C(=O)NCc1ccccc1F)CCCC2. The van der Waals surface area contributed by atoms with Crippen molar-refractivity contribution in [1.82, 2.24) is 9.88 Å². The zero-order valence-electron chi connectivity index (χ0n) is 14.2. The number of amides is 1. The van der Waals surface area contributed by atoms with Gasteiger partial charge in [0.1, 0.15) is 17.1 Å². The molecule has 2 aromatic rings. The second-order valence-corrected chi connectivity index (χ2v) is 5.98. The molecule has 1 aliphatic heterocycles. The van der Waals surface area contributed by atoms with Crippen LogP contribution in [0, 0.1) is 5.82 Å². The largest absolute Gasteiger partial charge is 0.493 e. The van der Waals surface area contributed by atoms with E-state index >= 15 is 0 Å². The molecule has 0 bridgehead atoms. The Balaban J connectivity index is 1.93. The van der Waals surface area contributed by atoms with Crippen LogP contribution in [0.2, 0.25) is 0 Å². The van der Waals surface area contributed by atoms with Crippen molar-refractivity contribution < 1.29 is 13.9 Å². The molecule has 0 unspecified atom stereocenters. The maximum atomic E-state index is 13.7. The molecule has 0 spiro atoms. The summed E-state index contributed by atoms with van der Waals surface area (Å²) in [6.07, 6.45) is 2.48. The number of halogens is 1. The Hall–Kier alpha value is -2.63. The Kier molecular flexibility index (Phi) is 5.16. The molecule has 1 aliphatic rings. The van der Waals surface area contributed by atoms with Gasteiger partial charge in [-0.15, -0.1) is 0 Å². The molecule has 1 aromatic heterocycles. The van der Waals surface area contributed by atoms with Gasteiger partial charge in [0.25, 0.3) is 11.5 Å². The third-order valence-electron chi connectivity index (χ3n) is 4.35. The molecule has 1 aromatic carbocycles. The summed E-state index contributed by atoms with van der Waals surface area (Å²) in [5, 5.41) is 2.75. The number of fused-ring (bicyclic) bond motifs is 1. The number of nitrogens with zero attached hydrogens (tertiary/aromatic N) is 1. The molecule has 0 atom stereocenters. The lowest BCUT2D eigenvalue weighted by molar-refractivity contribution is 0.0944. The van der Waals surface area contributed by atoms with Gasteiger partial charge >= 0.3 is 0 Å². The molecular formula is C19H21FN2O3. The van der Waals surface area contributed by atoms with Crippen LogP contribution >= 0.6 is 0 Å². The normalized spacial score (nSPS) is 13.2. The highest BCUT2D eigenvalue weighted by atomic mass is 19.1. The van der Waals surface area contributed by atoms with Crippen molar-refractivity contribution in [3.05, 3.63) is 63.3 Å². The van der Waals surface area contributed by atoms with Crippen molar-refractivity contribution in [2.24, 2.45) is 0 Å². The van der Waals surface area contributed by atoms with E-state index in [0.29, 0.717) is 42.1 Å². The highest BCUT2D eigenvalue weighted by molar-refractivity contribution is 5.98. The Morgan fingerprint density at radius 3 is 2.88 bits per heavy atom. The summed E-state index contributed by atoms with van der Waals surface area (Å²) in [7, 11) is 0. The van der Waals surface area contributed by atoms with E-state index in [9.17, 15) is 14.0 Å². The molecule has 6 heteroatoms. The van der Waals surface area contributed by atoms with E-state index in [2.05, 4.69) is 5.32 Å². The molecule has 0 saturated carbocycles. The lowest BCUT2D eigenvalue weighted by atomic mass is 10.0. The minimum Gasteiger partial charge on any atom is -0.493 e. The highest BCUT2D eigenvalue weighted by Gasteiger charge is 2.24. The van der Waals surface area contributed by atoms with Crippen LogP contribution < -0.4 is 15.6 Å². The molecular weight excluding hydrogens is 323 g/mol. The fourth-order valence-corrected chi connectivity index (χ4v) is 3.16. The number of carbonyl (C=O) groups excluding carboxylic acids is 1. The van der Waals surface area contributed by atoms with E-state index in [1.807, 2.05) is 0 Å². The maximum absolute atomic E-state index is 13.7. The number of benzene rings is 1. The average Bonchev–Trinajstić information content (AvgIpc) is 2.61. The summed E-state index contributed by atoms with van der Waals surface area (Å²) < 4.78 is 20.9. The molecule has 0 radical (unpaired) electrons. The second kappa shape index (κ2) is 7.51. The second-order valence-electron chi connectivity index (χ2n) is 5.98. The quantitative estimate of drug-likeness (QED) is 0.907. The third-order valence-corrected chi connectivity index (χ3v) is 4.35. The van der Waals surface area contributed by atoms with Crippen LogP contribution in [-0.2, 0) is 19.5 Å². The first kappa shape index (κ1) is 17.2. The number of hydrogen-bond donors (Lipinski definition) is 1. The van der Waals surface area contributed by atoms with Crippen molar-refractivity contribution >= 4 is 5.91 Å². The standard InChI is InChI=1S/C19H21FN2O3/c1-2-25-16-11-17(23)22-10-6-5-9-15(22)18(16)19(24)21-12-13-7-3-4-8-14(13)20/h3-4,7-8,11H,2,5-6,9-10,12H2,1H3,(H,21,24). The Labute approximate surface area is 145 Å². The topological polar surface area (TPSA) is 60.3 Å². The highest BCUT2D eigenvalue weighted by Crippen LogP contribution is 2.25. The predicted molar refractivity (Wildman–Crippen MR) is 92.4 cm³/mol. The first-order valence-electron chi connectivity index (χ1n) is 8.53. The van der Waals surface area contributed by atoms with Crippen molar-refractivity contribution in [2.75, 3.05) is 6.61 Å². The number of rotatable bonds is 5. The van der Waals surface area contributed by atoms with E-state index in [0.717, 1.165) is 12.8 Å². The fraction of sp³-hybridized carbons (Fsp3) is 0.368. The molecule has 1 amide bonds. The fourth-order valence-electron chi connectivity index (χ4n) is 3.16. The predicted octanol–water partition coefficient (Wildman–Crippen LogP) is 2.65. The zero-order chi connectivity index (χ0) is 17.8. The lowest BCUT2D eigenvalue weighted by Crippen LogP contribution is -2.33. The molecule has 0 fully saturated rings. The molecule has 2 heterocycles. The van der Waals surface area contributed by atoms with Gasteiger partial charge in [0, 0.05) is 30.4 Å². The van der Waals surface area contributed by atoms with Gasteiger partial charge in [-0.1, -0.05) is 18.2 Å². The molecule has 0 saturated heterocycles. The Morgan fingerprint density at radius 2 is 2.12 bits per heavy atom. The van der Waals surface area contributed by atoms with Gasteiger partial charge in [0.2, 0.25) is 0 Å². The maximum Gasteiger partial charge on any atom is 0.257 e. The third kappa shape index (κ3) is 3.57. The van der Waals surface area contributed by atoms with E-state index in [1.54, 1.807) is 29.7 Å².